The molecule has 0 unspecified atom stereocenters. The highest BCUT2D eigenvalue weighted by Gasteiger charge is 2.20. The maximum Gasteiger partial charge on any atom is 0.177 e. The Balaban J connectivity index is 1.28. The Morgan fingerprint density at radius 2 is 1.88 bits per heavy atom. The van der Waals surface area contributed by atoms with E-state index in [1.165, 1.54) is 0 Å². The first kappa shape index (κ1) is 14.4. The van der Waals surface area contributed by atoms with Crippen LogP contribution in [-0.4, -0.2) is 56.0 Å². The molecule has 0 spiro atoms. The molecule has 5 rings (SSSR count). The van der Waals surface area contributed by atoms with Crippen molar-refractivity contribution in [3.8, 4) is 0 Å². The zero-order valence-corrected chi connectivity index (χ0v) is 13.6. The summed E-state index contributed by atoms with van der Waals surface area (Å²) in [4.78, 5) is 4.69. The molecule has 126 valence electrons. The van der Waals surface area contributed by atoms with Crippen molar-refractivity contribution in [3.63, 3.8) is 0 Å². The summed E-state index contributed by atoms with van der Waals surface area (Å²) < 4.78 is 7.11. The molecular formula is C17H17N7O. The average molecular weight is 335 g/mol. The van der Waals surface area contributed by atoms with Crippen LogP contribution in [0.5, 0.6) is 0 Å². The number of nitrogens with zero attached hydrogens (tertiary/aromatic N) is 7. The van der Waals surface area contributed by atoms with Crippen molar-refractivity contribution in [1.29, 1.82) is 0 Å². The molecule has 0 radical (unpaired) electrons. The summed E-state index contributed by atoms with van der Waals surface area (Å²) in [6.45, 7) is 4.59. The Morgan fingerprint density at radius 3 is 2.80 bits per heavy atom. The largest absolute Gasteiger partial charge is 0.356 e. The van der Waals surface area contributed by atoms with E-state index in [9.17, 15) is 0 Å². The third-order valence-corrected chi connectivity index (χ3v) is 4.67. The van der Waals surface area contributed by atoms with Crippen LogP contribution in [0.1, 0.15) is 5.69 Å². The highest BCUT2D eigenvalue weighted by Crippen LogP contribution is 2.20. The highest BCUT2D eigenvalue weighted by molar-refractivity contribution is 5.79. The summed E-state index contributed by atoms with van der Waals surface area (Å²) in [5.74, 6) is 0.957. The molecule has 0 aliphatic carbocycles. The quantitative estimate of drug-likeness (QED) is 0.563. The van der Waals surface area contributed by atoms with Gasteiger partial charge in [-0.15, -0.1) is 15.3 Å². The number of piperazine rings is 1. The maximum absolute atomic E-state index is 5.40. The molecule has 0 N–H and O–H groups in total. The molecule has 1 aliphatic rings. The second-order valence-corrected chi connectivity index (χ2v) is 6.21. The molecule has 1 saturated heterocycles. The minimum Gasteiger partial charge on any atom is -0.356 e. The lowest BCUT2D eigenvalue weighted by atomic mass is 10.2. The van der Waals surface area contributed by atoms with Gasteiger partial charge < -0.3 is 9.42 Å². The van der Waals surface area contributed by atoms with Gasteiger partial charge in [-0.05, 0) is 24.3 Å². The van der Waals surface area contributed by atoms with E-state index in [1.807, 2.05) is 30.3 Å². The van der Waals surface area contributed by atoms with Crippen LogP contribution >= 0.6 is 0 Å². The number of anilines is 1. The van der Waals surface area contributed by atoms with E-state index in [1.54, 1.807) is 10.8 Å². The third-order valence-electron chi connectivity index (χ3n) is 4.67. The normalized spacial score (nSPS) is 16.1. The van der Waals surface area contributed by atoms with Crippen LogP contribution in [0, 0.1) is 0 Å². The van der Waals surface area contributed by atoms with Crippen molar-refractivity contribution in [1.82, 2.24) is 29.9 Å². The van der Waals surface area contributed by atoms with Crippen molar-refractivity contribution < 1.29 is 4.52 Å². The second kappa shape index (κ2) is 5.82. The summed E-state index contributed by atoms with van der Waals surface area (Å²) >= 11 is 0. The first-order chi connectivity index (χ1) is 12.4. The third kappa shape index (κ3) is 2.60. The zero-order valence-electron chi connectivity index (χ0n) is 13.6. The Hall–Kier alpha value is -3.00. The number of rotatable bonds is 3. The fourth-order valence-corrected chi connectivity index (χ4v) is 3.29. The minimum atomic E-state index is 0.764. The van der Waals surface area contributed by atoms with E-state index in [4.69, 9.17) is 4.52 Å². The predicted octanol–water partition coefficient (Wildman–Crippen LogP) is 1.59. The monoisotopic (exact) mass is 335 g/mol. The van der Waals surface area contributed by atoms with Gasteiger partial charge in [-0.25, -0.2) is 0 Å². The van der Waals surface area contributed by atoms with Crippen molar-refractivity contribution in [2.45, 2.75) is 6.54 Å². The van der Waals surface area contributed by atoms with E-state index >= 15 is 0 Å². The van der Waals surface area contributed by atoms with Gasteiger partial charge in [-0.3, -0.25) is 4.90 Å². The van der Waals surface area contributed by atoms with Crippen molar-refractivity contribution >= 4 is 22.4 Å². The fourth-order valence-electron chi connectivity index (χ4n) is 3.29. The van der Waals surface area contributed by atoms with Gasteiger partial charge in [0.05, 0.1) is 0 Å². The highest BCUT2D eigenvalue weighted by atomic mass is 16.5. The molecule has 0 bridgehead atoms. The molecule has 8 nitrogen and oxygen atoms in total. The first-order valence-electron chi connectivity index (χ1n) is 8.34. The molecule has 1 aromatic carbocycles. The Bertz CT molecular complexity index is 1020. The summed E-state index contributed by atoms with van der Waals surface area (Å²) in [5.41, 5.74) is 2.62. The molecule has 1 aliphatic heterocycles. The number of fused-ring (bicyclic) bond motifs is 2. The molecule has 3 aromatic heterocycles. The van der Waals surface area contributed by atoms with Crippen LogP contribution in [-0.2, 0) is 6.54 Å². The van der Waals surface area contributed by atoms with Gasteiger partial charge in [0.15, 0.2) is 11.2 Å². The Morgan fingerprint density at radius 1 is 1.00 bits per heavy atom. The zero-order chi connectivity index (χ0) is 16.6. The van der Waals surface area contributed by atoms with E-state index in [-0.39, 0.29) is 0 Å². The van der Waals surface area contributed by atoms with Crippen LogP contribution in [0.15, 0.2) is 47.2 Å². The van der Waals surface area contributed by atoms with Gasteiger partial charge in [0.1, 0.15) is 17.8 Å². The van der Waals surface area contributed by atoms with E-state index in [2.05, 4.69) is 36.3 Å². The van der Waals surface area contributed by atoms with E-state index < -0.39 is 0 Å². The molecule has 4 heterocycles. The smallest absolute Gasteiger partial charge is 0.177 e. The van der Waals surface area contributed by atoms with Gasteiger partial charge >= 0.3 is 0 Å². The number of benzene rings is 1. The molecule has 4 aromatic rings. The lowest BCUT2D eigenvalue weighted by Crippen LogP contribution is -2.46. The van der Waals surface area contributed by atoms with E-state index in [0.717, 1.165) is 60.9 Å². The lowest BCUT2D eigenvalue weighted by Gasteiger charge is -2.34. The van der Waals surface area contributed by atoms with Crippen molar-refractivity contribution in [2.24, 2.45) is 0 Å². The van der Waals surface area contributed by atoms with Crippen LogP contribution in [0.2, 0.25) is 0 Å². The average Bonchev–Trinajstić information content (AvgIpc) is 3.29. The lowest BCUT2D eigenvalue weighted by molar-refractivity contribution is 0.242. The molecule has 8 heteroatoms. The molecule has 0 amide bonds. The SMILES string of the molecule is c1ccc2c(CN3CCN(c4ccc5nncn5n4)CC3)noc2c1. The predicted molar refractivity (Wildman–Crippen MR) is 92.3 cm³/mol. The molecule has 0 saturated carbocycles. The molecule has 1 fully saturated rings. The molecular weight excluding hydrogens is 318 g/mol. The maximum atomic E-state index is 5.40. The summed E-state index contributed by atoms with van der Waals surface area (Å²) in [6, 6.07) is 12.0. The molecule has 0 atom stereocenters. The second-order valence-electron chi connectivity index (χ2n) is 6.21. The Labute approximate surface area is 143 Å². The van der Waals surface area contributed by atoms with Crippen molar-refractivity contribution in [3.05, 3.63) is 48.4 Å². The topological polar surface area (TPSA) is 75.6 Å². The van der Waals surface area contributed by atoms with Gasteiger partial charge in [0.2, 0.25) is 0 Å². The fraction of sp³-hybridized carbons (Fsp3) is 0.294. The summed E-state index contributed by atoms with van der Waals surface area (Å²) in [7, 11) is 0. The van der Waals surface area contributed by atoms with Crippen LogP contribution in [0.4, 0.5) is 5.82 Å². The Kier molecular flexibility index (Phi) is 3.34. The minimum absolute atomic E-state index is 0.764. The standard InChI is InChI=1S/C17H17N7O/c1-2-4-15-13(3-1)14(21-25-15)11-22-7-9-23(10-8-22)17-6-5-16-19-18-12-24(16)20-17/h1-6,12H,7-11H2. The van der Waals surface area contributed by atoms with Gasteiger partial charge in [0.25, 0.3) is 0 Å². The van der Waals surface area contributed by atoms with Gasteiger partial charge in [0, 0.05) is 38.1 Å². The van der Waals surface area contributed by atoms with Crippen LogP contribution < -0.4 is 4.90 Å². The van der Waals surface area contributed by atoms with E-state index in [0.29, 0.717) is 0 Å². The number of hydrogen-bond donors (Lipinski definition) is 0. The van der Waals surface area contributed by atoms with Crippen LogP contribution in [0.25, 0.3) is 16.6 Å². The number of aromatic nitrogens is 5. The first-order valence-corrected chi connectivity index (χ1v) is 8.34. The van der Waals surface area contributed by atoms with Gasteiger partial charge in [-0.1, -0.05) is 17.3 Å². The molecule has 25 heavy (non-hydrogen) atoms. The summed E-state index contributed by atoms with van der Waals surface area (Å²) in [6.07, 6.45) is 1.63. The number of hydrogen-bond acceptors (Lipinski definition) is 7. The summed E-state index contributed by atoms with van der Waals surface area (Å²) in [5, 5.41) is 17.8. The number of para-hydroxylation sites is 1. The van der Waals surface area contributed by atoms with Crippen molar-refractivity contribution in [2.75, 3.05) is 31.1 Å². The van der Waals surface area contributed by atoms with Crippen LogP contribution in [0.3, 0.4) is 0 Å². The van der Waals surface area contributed by atoms with Gasteiger partial charge in [-0.2, -0.15) is 4.52 Å².